The third-order valence-corrected chi connectivity index (χ3v) is 2.40. The first kappa shape index (κ1) is 20.6. The molecule has 24 heavy (non-hydrogen) atoms. The second-order valence-electron chi connectivity index (χ2n) is 4.02. The number of aromatic nitrogens is 2. The molecule has 0 saturated heterocycles. The molecule has 0 spiro atoms. The van der Waals surface area contributed by atoms with Gasteiger partial charge < -0.3 is 25.4 Å². The Morgan fingerprint density at radius 2 is 2.00 bits per heavy atom. The maximum Gasteiger partial charge on any atom is 0.328 e. The van der Waals surface area contributed by atoms with E-state index >= 15 is 0 Å². The first-order valence-corrected chi connectivity index (χ1v) is 6.09. The van der Waals surface area contributed by atoms with Crippen LogP contribution >= 0.6 is 0 Å². The van der Waals surface area contributed by atoms with Crippen LogP contribution < -0.4 is 16.0 Å². The highest BCUT2D eigenvalue weighted by atomic mass is 19.1. The SMILES string of the molecule is COc1cc(/C=C/C(=O)O)ccc1O.O.O=c1[nH]cc(F)c(=O)[nH]1. The van der Waals surface area contributed by atoms with Gasteiger partial charge in [0.25, 0.3) is 5.56 Å². The topological polar surface area (TPSA) is 164 Å². The summed E-state index contributed by atoms with van der Waals surface area (Å²) in [4.78, 5) is 34.2. The normalized spacial score (nSPS) is 9.58. The maximum atomic E-state index is 12.0. The van der Waals surface area contributed by atoms with Crippen molar-refractivity contribution in [3.63, 3.8) is 0 Å². The van der Waals surface area contributed by atoms with Gasteiger partial charge in [-0.15, -0.1) is 0 Å². The third kappa shape index (κ3) is 6.58. The van der Waals surface area contributed by atoms with Crippen LogP contribution in [0.1, 0.15) is 5.56 Å². The molecular formula is C14H15FN2O7. The highest BCUT2D eigenvalue weighted by Gasteiger charge is 2.00. The first-order chi connectivity index (χ1) is 10.8. The van der Waals surface area contributed by atoms with Crippen molar-refractivity contribution < 1.29 is 29.6 Å². The van der Waals surface area contributed by atoms with Gasteiger partial charge in [-0.2, -0.15) is 4.39 Å². The van der Waals surface area contributed by atoms with Crippen LogP contribution in [0.5, 0.6) is 11.5 Å². The summed E-state index contributed by atoms with van der Waals surface area (Å²) >= 11 is 0. The van der Waals surface area contributed by atoms with Gasteiger partial charge >= 0.3 is 11.7 Å². The number of carbonyl (C=O) groups is 1. The molecule has 1 aromatic heterocycles. The van der Waals surface area contributed by atoms with Crippen LogP contribution in [0.25, 0.3) is 6.08 Å². The van der Waals surface area contributed by atoms with Gasteiger partial charge in [0.2, 0.25) is 5.82 Å². The highest BCUT2D eigenvalue weighted by Crippen LogP contribution is 2.26. The lowest BCUT2D eigenvalue weighted by atomic mass is 10.2. The largest absolute Gasteiger partial charge is 0.504 e. The zero-order valence-electron chi connectivity index (χ0n) is 12.4. The molecule has 0 fully saturated rings. The van der Waals surface area contributed by atoms with E-state index < -0.39 is 23.0 Å². The van der Waals surface area contributed by atoms with Crippen LogP contribution in [0, 0.1) is 5.82 Å². The molecule has 1 heterocycles. The summed E-state index contributed by atoms with van der Waals surface area (Å²) in [5.74, 6) is -1.66. The number of rotatable bonds is 3. The number of ether oxygens (including phenoxy) is 1. The fourth-order valence-electron chi connectivity index (χ4n) is 1.36. The van der Waals surface area contributed by atoms with Crippen molar-refractivity contribution in [1.29, 1.82) is 0 Å². The second-order valence-corrected chi connectivity index (χ2v) is 4.02. The standard InChI is InChI=1S/C10H10O4.C4H3FN2O2.H2O/c1-14-9-6-7(2-4-8(9)11)3-5-10(12)13;5-2-1-6-4(9)7-3(2)8;/h2-6,11H,1H3,(H,12,13);1H,(H2,6,7,8,9);1H2/b5-3+;;. The number of hydrogen-bond donors (Lipinski definition) is 4. The van der Waals surface area contributed by atoms with Crippen LogP contribution in [0.3, 0.4) is 0 Å². The smallest absolute Gasteiger partial charge is 0.328 e. The molecule has 0 aliphatic carbocycles. The lowest BCUT2D eigenvalue weighted by Crippen LogP contribution is -2.23. The van der Waals surface area contributed by atoms with E-state index in [9.17, 15) is 23.9 Å². The van der Waals surface area contributed by atoms with E-state index in [2.05, 4.69) is 0 Å². The van der Waals surface area contributed by atoms with Crippen LogP contribution in [0.4, 0.5) is 4.39 Å². The first-order valence-electron chi connectivity index (χ1n) is 6.09. The summed E-state index contributed by atoms with van der Waals surface area (Å²) in [6.07, 6.45) is 3.15. The predicted octanol–water partition coefficient (Wildman–Crippen LogP) is -0.124. The van der Waals surface area contributed by atoms with Gasteiger partial charge in [0, 0.05) is 12.3 Å². The quantitative estimate of drug-likeness (QED) is 0.568. The number of aromatic amines is 2. The molecule has 6 N–H and O–H groups in total. The van der Waals surface area contributed by atoms with Crippen molar-refractivity contribution in [2.45, 2.75) is 0 Å². The number of aliphatic carboxylic acids is 1. The van der Waals surface area contributed by atoms with E-state index in [-0.39, 0.29) is 11.2 Å². The molecule has 0 saturated carbocycles. The van der Waals surface area contributed by atoms with Crippen LogP contribution in [-0.2, 0) is 4.79 Å². The van der Waals surface area contributed by atoms with Crippen molar-refractivity contribution in [1.82, 2.24) is 9.97 Å². The van der Waals surface area contributed by atoms with Crippen LogP contribution in [0.2, 0.25) is 0 Å². The summed E-state index contributed by atoms with van der Waals surface area (Å²) in [6.45, 7) is 0. The van der Waals surface area contributed by atoms with Gasteiger partial charge in [-0.25, -0.2) is 9.59 Å². The van der Waals surface area contributed by atoms with Crippen molar-refractivity contribution in [2.75, 3.05) is 7.11 Å². The molecule has 0 radical (unpaired) electrons. The van der Waals surface area contributed by atoms with Gasteiger partial charge in [-0.1, -0.05) is 6.07 Å². The number of hydrogen-bond acceptors (Lipinski definition) is 5. The number of nitrogens with one attached hydrogen (secondary N) is 2. The molecule has 130 valence electrons. The summed E-state index contributed by atoms with van der Waals surface area (Å²) in [5.41, 5.74) is -1.05. The molecule has 0 aliphatic heterocycles. The fourth-order valence-corrected chi connectivity index (χ4v) is 1.36. The molecule has 0 atom stereocenters. The summed E-state index contributed by atoms with van der Waals surface area (Å²) in [7, 11) is 1.43. The Bertz CT molecular complexity index is 826. The van der Waals surface area contributed by atoms with E-state index in [4.69, 9.17) is 9.84 Å². The Morgan fingerprint density at radius 1 is 1.33 bits per heavy atom. The second kappa shape index (κ2) is 9.58. The molecule has 9 nitrogen and oxygen atoms in total. The van der Waals surface area contributed by atoms with Crippen molar-refractivity contribution >= 4 is 12.0 Å². The van der Waals surface area contributed by atoms with Crippen LogP contribution in [-0.4, -0.2) is 38.7 Å². The average molecular weight is 342 g/mol. The van der Waals surface area contributed by atoms with Crippen molar-refractivity contribution in [3.05, 3.63) is 62.7 Å². The molecule has 0 bridgehead atoms. The van der Waals surface area contributed by atoms with Gasteiger partial charge in [0.1, 0.15) is 0 Å². The van der Waals surface area contributed by atoms with Crippen molar-refractivity contribution in [2.24, 2.45) is 0 Å². The monoisotopic (exact) mass is 342 g/mol. The van der Waals surface area contributed by atoms with E-state index in [1.807, 2.05) is 4.98 Å². The average Bonchev–Trinajstić information content (AvgIpc) is 2.51. The zero-order valence-corrected chi connectivity index (χ0v) is 12.4. The number of aromatic hydroxyl groups is 1. The van der Waals surface area contributed by atoms with E-state index in [0.29, 0.717) is 17.5 Å². The van der Waals surface area contributed by atoms with Gasteiger partial charge in [-0.3, -0.25) is 9.78 Å². The number of phenolic OH excluding ortho intramolecular Hbond substituents is 1. The molecule has 0 amide bonds. The maximum absolute atomic E-state index is 12.0. The Labute approximate surface area is 134 Å². The van der Waals surface area contributed by atoms with Gasteiger partial charge in [-0.05, 0) is 23.8 Å². The molecule has 10 heteroatoms. The predicted molar refractivity (Wildman–Crippen MR) is 82.6 cm³/mol. The Balaban J connectivity index is 0.000000460. The summed E-state index contributed by atoms with van der Waals surface area (Å²) in [5, 5.41) is 17.6. The molecule has 0 unspecified atom stereocenters. The minimum absolute atomic E-state index is 0. The highest BCUT2D eigenvalue weighted by molar-refractivity contribution is 5.85. The summed E-state index contributed by atoms with van der Waals surface area (Å²) in [6, 6.07) is 4.59. The number of benzene rings is 1. The Morgan fingerprint density at radius 3 is 2.50 bits per heavy atom. The number of phenols is 1. The third-order valence-electron chi connectivity index (χ3n) is 2.40. The number of H-pyrrole nitrogens is 2. The van der Waals surface area contributed by atoms with E-state index in [1.54, 1.807) is 17.1 Å². The van der Waals surface area contributed by atoms with Crippen molar-refractivity contribution in [3.8, 4) is 11.5 Å². The minimum atomic E-state index is -1.02. The zero-order chi connectivity index (χ0) is 17.4. The summed E-state index contributed by atoms with van der Waals surface area (Å²) < 4.78 is 16.8. The fraction of sp³-hybridized carbons (Fsp3) is 0.0714. The van der Waals surface area contributed by atoms with E-state index in [1.165, 1.54) is 19.3 Å². The Kier molecular flexibility index (Phi) is 8.23. The van der Waals surface area contributed by atoms with Gasteiger partial charge in [0.15, 0.2) is 11.5 Å². The Hall–Kier alpha value is -3.40. The number of carboxylic acid groups (broad SMARTS) is 1. The molecule has 2 aromatic rings. The number of halogens is 1. The lowest BCUT2D eigenvalue weighted by Gasteiger charge is -2.03. The molecular weight excluding hydrogens is 327 g/mol. The van der Waals surface area contributed by atoms with E-state index in [0.717, 1.165) is 6.08 Å². The minimum Gasteiger partial charge on any atom is -0.504 e. The molecule has 0 aliphatic rings. The molecule has 2 rings (SSSR count). The molecule has 1 aromatic carbocycles. The van der Waals surface area contributed by atoms with Crippen LogP contribution in [0.15, 0.2) is 40.1 Å². The lowest BCUT2D eigenvalue weighted by molar-refractivity contribution is -0.131. The number of carboxylic acids is 1. The number of methoxy groups -OCH3 is 1. The van der Waals surface area contributed by atoms with Gasteiger partial charge in [0.05, 0.1) is 7.11 Å².